The number of hydrogen-bond acceptors (Lipinski definition) is 3. The van der Waals surface area contributed by atoms with Crippen molar-refractivity contribution in [2.75, 3.05) is 6.54 Å². The maximum atomic E-state index is 11.1. The molecule has 0 aromatic heterocycles. The van der Waals surface area contributed by atoms with Crippen LogP contribution in [0.4, 0.5) is 0 Å². The van der Waals surface area contributed by atoms with E-state index in [2.05, 4.69) is 0 Å². The molecule has 2 fully saturated rings. The minimum absolute atomic E-state index is 0.0607. The molecule has 11 heavy (non-hydrogen) atoms. The summed E-state index contributed by atoms with van der Waals surface area (Å²) < 4.78 is 0. The van der Waals surface area contributed by atoms with Crippen molar-refractivity contribution in [3.63, 3.8) is 0 Å². The topological polar surface area (TPSA) is 60.8 Å². The Labute approximate surface area is 64.4 Å². The summed E-state index contributed by atoms with van der Waals surface area (Å²) >= 11 is 0. The lowest BCUT2D eigenvalue weighted by atomic mass is 10.1. The van der Waals surface area contributed by atoms with Gasteiger partial charge >= 0.3 is 0 Å². The third-order valence-corrected chi connectivity index (χ3v) is 2.55. The Balaban J connectivity index is 2.18. The predicted molar refractivity (Wildman–Crippen MR) is 36.7 cm³/mol. The number of nitrogens with zero attached hydrogens (tertiary/aromatic N) is 1. The number of fused-ring (bicyclic) bond motifs is 1. The largest absolute Gasteiger partial charge is 0.388 e. The molecule has 4 heteroatoms. The zero-order chi connectivity index (χ0) is 8.01. The Morgan fingerprint density at radius 1 is 1.45 bits per heavy atom. The average Bonchev–Trinajstić information content (AvgIpc) is 2.43. The quantitative estimate of drug-likeness (QED) is 0.460. The smallest absolute Gasteiger partial charge is 0.223 e. The van der Waals surface area contributed by atoms with Crippen molar-refractivity contribution in [1.29, 1.82) is 0 Å². The number of hydrogen-bond donors (Lipinski definition) is 2. The first kappa shape index (κ1) is 7.06. The maximum absolute atomic E-state index is 11.1. The molecule has 0 spiro atoms. The van der Waals surface area contributed by atoms with Crippen molar-refractivity contribution in [2.24, 2.45) is 0 Å². The molecule has 0 radical (unpaired) electrons. The molecule has 4 nitrogen and oxygen atoms in total. The van der Waals surface area contributed by atoms with Crippen LogP contribution in [0, 0.1) is 0 Å². The van der Waals surface area contributed by atoms with Crippen LogP contribution in [0.2, 0.25) is 0 Å². The second kappa shape index (κ2) is 2.19. The van der Waals surface area contributed by atoms with Gasteiger partial charge in [-0.15, -0.1) is 0 Å². The van der Waals surface area contributed by atoms with Crippen LogP contribution in [0.1, 0.15) is 12.8 Å². The monoisotopic (exact) mass is 157 g/mol. The summed E-state index contributed by atoms with van der Waals surface area (Å²) in [6.45, 7) is 0.310. The second-order valence-electron chi connectivity index (χ2n) is 3.21. The zero-order valence-corrected chi connectivity index (χ0v) is 6.10. The molecular weight excluding hydrogens is 146 g/mol. The average molecular weight is 157 g/mol. The molecule has 2 heterocycles. The Hall–Kier alpha value is -0.610. The van der Waals surface area contributed by atoms with E-state index in [9.17, 15) is 15.0 Å². The van der Waals surface area contributed by atoms with E-state index in [1.165, 1.54) is 0 Å². The van der Waals surface area contributed by atoms with Crippen molar-refractivity contribution < 1.29 is 15.0 Å². The highest BCUT2D eigenvalue weighted by molar-refractivity contribution is 5.79. The summed E-state index contributed by atoms with van der Waals surface area (Å²) in [7, 11) is 0. The van der Waals surface area contributed by atoms with Crippen LogP contribution in [-0.2, 0) is 4.79 Å². The summed E-state index contributed by atoms with van der Waals surface area (Å²) in [5.74, 6) is 0.0607. The van der Waals surface area contributed by atoms with E-state index in [0.717, 1.165) is 0 Å². The van der Waals surface area contributed by atoms with Gasteiger partial charge in [0.2, 0.25) is 5.91 Å². The van der Waals surface area contributed by atoms with Crippen molar-refractivity contribution in [3.8, 4) is 0 Å². The Morgan fingerprint density at radius 2 is 2.18 bits per heavy atom. The van der Waals surface area contributed by atoms with Gasteiger partial charge in [-0.2, -0.15) is 0 Å². The van der Waals surface area contributed by atoms with E-state index >= 15 is 0 Å². The molecule has 2 aliphatic rings. The van der Waals surface area contributed by atoms with Crippen molar-refractivity contribution in [1.82, 2.24) is 4.90 Å². The molecule has 0 saturated carbocycles. The van der Waals surface area contributed by atoms with Crippen LogP contribution >= 0.6 is 0 Å². The zero-order valence-electron chi connectivity index (χ0n) is 6.10. The van der Waals surface area contributed by atoms with Crippen LogP contribution in [0.5, 0.6) is 0 Å². The minimum Gasteiger partial charge on any atom is -0.388 e. The lowest BCUT2D eigenvalue weighted by Crippen LogP contribution is -2.32. The fraction of sp³-hybridized carbons (Fsp3) is 0.857. The van der Waals surface area contributed by atoms with E-state index in [1.54, 1.807) is 4.90 Å². The van der Waals surface area contributed by atoms with Crippen molar-refractivity contribution in [3.05, 3.63) is 0 Å². The molecule has 3 atom stereocenters. The van der Waals surface area contributed by atoms with Gasteiger partial charge in [0, 0.05) is 13.0 Å². The summed E-state index contributed by atoms with van der Waals surface area (Å²) in [6.07, 6.45) is -0.239. The fourth-order valence-corrected chi connectivity index (χ4v) is 1.91. The minimum atomic E-state index is -0.732. The van der Waals surface area contributed by atoms with Gasteiger partial charge in [-0.1, -0.05) is 0 Å². The van der Waals surface area contributed by atoms with Crippen LogP contribution in [0.15, 0.2) is 0 Å². The molecule has 2 rings (SSSR count). The molecular formula is C7H11NO3. The highest BCUT2D eigenvalue weighted by Gasteiger charge is 2.45. The molecule has 2 N–H and O–H groups in total. The summed E-state index contributed by atoms with van der Waals surface area (Å²) in [5.41, 5.74) is 0. The van der Waals surface area contributed by atoms with Gasteiger partial charge < -0.3 is 15.1 Å². The van der Waals surface area contributed by atoms with E-state index in [0.29, 0.717) is 19.4 Å². The molecule has 62 valence electrons. The van der Waals surface area contributed by atoms with Crippen LogP contribution in [0.3, 0.4) is 0 Å². The normalized spacial score (nSPS) is 43.3. The Morgan fingerprint density at radius 3 is 2.82 bits per heavy atom. The predicted octanol–water partition coefficient (Wildman–Crippen LogP) is -1.29. The number of aliphatic hydroxyl groups excluding tert-OH is 2. The van der Waals surface area contributed by atoms with E-state index < -0.39 is 12.2 Å². The first-order valence-electron chi connectivity index (χ1n) is 3.86. The van der Waals surface area contributed by atoms with E-state index in [1.807, 2.05) is 0 Å². The number of carbonyl (C=O) groups is 1. The van der Waals surface area contributed by atoms with Crippen molar-refractivity contribution in [2.45, 2.75) is 31.1 Å². The van der Waals surface area contributed by atoms with Gasteiger partial charge in [0.15, 0.2) is 0 Å². The molecule has 0 bridgehead atoms. The van der Waals surface area contributed by atoms with Gasteiger partial charge in [0.1, 0.15) is 6.10 Å². The highest BCUT2D eigenvalue weighted by atomic mass is 16.3. The number of rotatable bonds is 0. The molecule has 0 aliphatic carbocycles. The standard InChI is InChI=1S/C7H11NO3/c9-5-3-8-4(7(5)11)1-2-6(8)10/h4-5,7,9,11H,1-3H2. The first-order valence-corrected chi connectivity index (χ1v) is 3.86. The van der Waals surface area contributed by atoms with Gasteiger partial charge in [-0.25, -0.2) is 0 Å². The van der Waals surface area contributed by atoms with Crippen LogP contribution in [-0.4, -0.2) is 45.8 Å². The Bertz CT molecular complexity index is 194. The lowest BCUT2D eigenvalue weighted by Gasteiger charge is -2.15. The second-order valence-corrected chi connectivity index (χ2v) is 3.21. The molecule has 3 unspecified atom stereocenters. The summed E-state index contributed by atoms with van der Waals surface area (Å²) in [6, 6.07) is -0.113. The molecule has 0 aromatic carbocycles. The van der Waals surface area contributed by atoms with E-state index in [4.69, 9.17) is 0 Å². The summed E-state index contributed by atoms with van der Waals surface area (Å²) in [5, 5.41) is 18.5. The fourth-order valence-electron chi connectivity index (χ4n) is 1.91. The third kappa shape index (κ3) is 0.862. The molecule has 1 amide bonds. The van der Waals surface area contributed by atoms with Crippen LogP contribution in [0.25, 0.3) is 0 Å². The highest BCUT2D eigenvalue weighted by Crippen LogP contribution is 2.28. The van der Waals surface area contributed by atoms with Gasteiger partial charge in [-0.3, -0.25) is 4.79 Å². The molecule has 2 saturated heterocycles. The lowest BCUT2D eigenvalue weighted by molar-refractivity contribution is -0.128. The van der Waals surface area contributed by atoms with Crippen LogP contribution < -0.4 is 0 Å². The number of carbonyl (C=O) groups excluding carboxylic acids is 1. The maximum Gasteiger partial charge on any atom is 0.223 e. The summed E-state index contributed by atoms with van der Waals surface area (Å²) in [4.78, 5) is 12.6. The Kier molecular flexibility index (Phi) is 1.40. The van der Waals surface area contributed by atoms with E-state index in [-0.39, 0.29) is 11.9 Å². The number of amides is 1. The molecule has 0 aromatic rings. The SMILES string of the molecule is O=C1CCC2C(O)C(O)CN12. The number of aliphatic hydroxyl groups is 2. The van der Waals surface area contributed by atoms with Gasteiger partial charge in [0.05, 0.1) is 12.1 Å². The van der Waals surface area contributed by atoms with Crippen molar-refractivity contribution >= 4 is 5.91 Å². The first-order chi connectivity index (χ1) is 5.20. The molecule has 2 aliphatic heterocycles. The third-order valence-electron chi connectivity index (χ3n) is 2.55. The van der Waals surface area contributed by atoms with Gasteiger partial charge in [0.25, 0.3) is 0 Å². The van der Waals surface area contributed by atoms with Gasteiger partial charge in [-0.05, 0) is 6.42 Å².